The average Bonchev–Trinajstić information content (AvgIpc) is 2.75. The maximum absolute atomic E-state index is 5.65. The highest BCUT2D eigenvalue weighted by atomic mass is 16.7. The summed E-state index contributed by atoms with van der Waals surface area (Å²) in [6, 6.07) is 3.97. The average molecular weight is 217 g/mol. The van der Waals surface area contributed by atoms with Gasteiger partial charge in [-0.1, -0.05) is 5.16 Å². The first-order chi connectivity index (χ1) is 7.88. The van der Waals surface area contributed by atoms with Crippen molar-refractivity contribution in [3.8, 4) is 0 Å². The number of aromatic nitrogens is 1. The maximum atomic E-state index is 5.65. The molecule has 4 nitrogen and oxygen atoms in total. The number of piperidine rings is 1. The number of nitrogens with one attached hydrogen (secondary N) is 1. The van der Waals surface area contributed by atoms with E-state index >= 15 is 0 Å². The van der Waals surface area contributed by atoms with Crippen molar-refractivity contribution in [2.45, 2.75) is 24.9 Å². The Morgan fingerprint density at radius 1 is 1.31 bits per heavy atom. The van der Waals surface area contributed by atoms with Gasteiger partial charge in [-0.3, -0.25) is 4.98 Å². The molecule has 1 saturated heterocycles. The second-order valence-corrected chi connectivity index (χ2v) is 4.51. The van der Waals surface area contributed by atoms with Crippen molar-refractivity contribution in [1.82, 2.24) is 10.3 Å². The molecule has 1 spiro atoms. The first-order valence-corrected chi connectivity index (χ1v) is 5.74. The number of nitrogens with zero attached hydrogens (tertiary/aromatic N) is 2. The first-order valence-electron chi connectivity index (χ1n) is 5.74. The fourth-order valence-electron chi connectivity index (χ4n) is 2.39. The van der Waals surface area contributed by atoms with Crippen LogP contribution in [0, 0.1) is 0 Å². The smallest absolute Gasteiger partial charge is 0.155 e. The third kappa shape index (κ3) is 1.69. The van der Waals surface area contributed by atoms with Gasteiger partial charge < -0.3 is 10.2 Å². The van der Waals surface area contributed by atoms with E-state index in [-0.39, 0.29) is 5.60 Å². The Bertz CT molecular complexity index is 396. The lowest BCUT2D eigenvalue weighted by Crippen LogP contribution is -2.45. The highest BCUT2D eigenvalue weighted by Gasteiger charge is 2.40. The van der Waals surface area contributed by atoms with Gasteiger partial charge in [0.25, 0.3) is 0 Å². The second-order valence-electron chi connectivity index (χ2n) is 4.51. The monoisotopic (exact) mass is 217 g/mol. The van der Waals surface area contributed by atoms with Crippen molar-refractivity contribution in [3.63, 3.8) is 0 Å². The van der Waals surface area contributed by atoms with Gasteiger partial charge in [-0.2, -0.15) is 0 Å². The molecule has 1 aromatic rings. The standard InChI is InChI=1S/C12H15N3O/c1-4-12(9-14-5-1)8-11(15-16-12)10-2-6-13-7-3-10/h2-3,6-7,14H,1,4-5,8-9H2. The normalized spacial score (nSPS) is 28.9. The summed E-state index contributed by atoms with van der Waals surface area (Å²) in [5, 5.41) is 7.61. The summed E-state index contributed by atoms with van der Waals surface area (Å²) in [7, 11) is 0. The minimum atomic E-state index is -0.0865. The molecule has 0 aliphatic carbocycles. The summed E-state index contributed by atoms with van der Waals surface area (Å²) < 4.78 is 0. The molecule has 0 saturated carbocycles. The Hall–Kier alpha value is -1.42. The largest absolute Gasteiger partial charge is 0.387 e. The lowest BCUT2D eigenvalue weighted by molar-refractivity contribution is -0.0347. The fraction of sp³-hybridized carbons (Fsp3) is 0.500. The molecule has 0 amide bonds. The zero-order valence-electron chi connectivity index (χ0n) is 9.15. The van der Waals surface area contributed by atoms with Crippen LogP contribution in [0.4, 0.5) is 0 Å². The second kappa shape index (κ2) is 3.87. The molecular formula is C12H15N3O. The minimum absolute atomic E-state index is 0.0865. The van der Waals surface area contributed by atoms with Gasteiger partial charge in [0.2, 0.25) is 0 Å². The van der Waals surface area contributed by atoms with E-state index in [1.54, 1.807) is 12.4 Å². The van der Waals surface area contributed by atoms with Crippen LogP contribution in [0.2, 0.25) is 0 Å². The summed E-state index contributed by atoms with van der Waals surface area (Å²) in [6.07, 6.45) is 6.76. The van der Waals surface area contributed by atoms with E-state index in [1.807, 2.05) is 12.1 Å². The van der Waals surface area contributed by atoms with Crippen LogP contribution in [0.1, 0.15) is 24.8 Å². The summed E-state index contributed by atoms with van der Waals surface area (Å²) in [5.41, 5.74) is 2.08. The molecule has 84 valence electrons. The van der Waals surface area contributed by atoms with Gasteiger partial charge in [0.1, 0.15) is 0 Å². The highest BCUT2D eigenvalue weighted by Crippen LogP contribution is 2.32. The predicted molar refractivity (Wildman–Crippen MR) is 61.3 cm³/mol. The van der Waals surface area contributed by atoms with Crippen molar-refractivity contribution in [1.29, 1.82) is 0 Å². The van der Waals surface area contributed by atoms with Crippen LogP contribution in [0.15, 0.2) is 29.7 Å². The topological polar surface area (TPSA) is 46.5 Å². The molecule has 0 bridgehead atoms. The zero-order valence-corrected chi connectivity index (χ0v) is 9.15. The van der Waals surface area contributed by atoms with Crippen molar-refractivity contribution in [3.05, 3.63) is 30.1 Å². The third-order valence-electron chi connectivity index (χ3n) is 3.29. The molecule has 4 heteroatoms. The molecule has 1 N–H and O–H groups in total. The summed E-state index contributed by atoms with van der Waals surface area (Å²) in [4.78, 5) is 9.67. The summed E-state index contributed by atoms with van der Waals surface area (Å²) in [5.74, 6) is 0. The number of oxime groups is 1. The Morgan fingerprint density at radius 3 is 2.94 bits per heavy atom. The fourth-order valence-corrected chi connectivity index (χ4v) is 2.39. The molecule has 0 aromatic carbocycles. The van der Waals surface area contributed by atoms with Crippen LogP contribution in [-0.2, 0) is 4.84 Å². The SMILES string of the molecule is c1cc(C2=NOC3(CCCNC3)C2)ccn1. The number of hydrogen-bond acceptors (Lipinski definition) is 4. The van der Waals surface area contributed by atoms with Gasteiger partial charge in [0.15, 0.2) is 5.60 Å². The molecule has 1 fully saturated rings. The van der Waals surface area contributed by atoms with Crippen molar-refractivity contribution in [2.24, 2.45) is 5.16 Å². The molecule has 3 rings (SSSR count). The van der Waals surface area contributed by atoms with Gasteiger partial charge in [0, 0.05) is 30.9 Å². The van der Waals surface area contributed by atoms with E-state index in [0.717, 1.165) is 37.2 Å². The van der Waals surface area contributed by atoms with E-state index < -0.39 is 0 Å². The van der Waals surface area contributed by atoms with Crippen LogP contribution in [0.25, 0.3) is 0 Å². The summed E-state index contributed by atoms with van der Waals surface area (Å²) >= 11 is 0. The Balaban J connectivity index is 1.77. The van der Waals surface area contributed by atoms with Crippen LogP contribution in [0.5, 0.6) is 0 Å². The Kier molecular flexibility index (Phi) is 2.36. The number of hydrogen-bond donors (Lipinski definition) is 1. The van der Waals surface area contributed by atoms with Gasteiger partial charge in [-0.25, -0.2) is 0 Å². The molecule has 1 aromatic heterocycles. The van der Waals surface area contributed by atoms with E-state index in [0.29, 0.717) is 0 Å². The lowest BCUT2D eigenvalue weighted by Gasteiger charge is -2.31. The molecule has 2 aliphatic heterocycles. The minimum Gasteiger partial charge on any atom is -0.387 e. The van der Waals surface area contributed by atoms with Gasteiger partial charge >= 0.3 is 0 Å². The van der Waals surface area contributed by atoms with Gasteiger partial charge in [-0.05, 0) is 31.5 Å². The highest BCUT2D eigenvalue weighted by molar-refractivity contribution is 6.01. The predicted octanol–water partition coefficient (Wildman–Crippen LogP) is 1.33. The summed E-state index contributed by atoms with van der Waals surface area (Å²) in [6.45, 7) is 2.00. The number of rotatable bonds is 1. The third-order valence-corrected chi connectivity index (χ3v) is 3.29. The molecule has 3 heterocycles. The molecule has 16 heavy (non-hydrogen) atoms. The number of pyridine rings is 1. The Labute approximate surface area is 94.7 Å². The van der Waals surface area contributed by atoms with Crippen LogP contribution in [-0.4, -0.2) is 29.4 Å². The van der Waals surface area contributed by atoms with E-state index in [2.05, 4.69) is 15.5 Å². The lowest BCUT2D eigenvalue weighted by atomic mass is 9.88. The molecular weight excluding hydrogens is 202 g/mol. The molecule has 0 radical (unpaired) electrons. The van der Waals surface area contributed by atoms with Crippen LogP contribution >= 0.6 is 0 Å². The van der Waals surface area contributed by atoms with E-state index in [1.165, 1.54) is 6.42 Å². The van der Waals surface area contributed by atoms with Crippen molar-refractivity contribution < 1.29 is 4.84 Å². The van der Waals surface area contributed by atoms with Crippen LogP contribution < -0.4 is 5.32 Å². The van der Waals surface area contributed by atoms with Crippen molar-refractivity contribution in [2.75, 3.05) is 13.1 Å². The van der Waals surface area contributed by atoms with E-state index in [4.69, 9.17) is 4.84 Å². The molecule has 1 unspecified atom stereocenters. The van der Waals surface area contributed by atoms with Crippen molar-refractivity contribution >= 4 is 5.71 Å². The van der Waals surface area contributed by atoms with Gasteiger partial charge in [-0.15, -0.1) is 0 Å². The molecule has 2 aliphatic rings. The van der Waals surface area contributed by atoms with Gasteiger partial charge in [0.05, 0.1) is 5.71 Å². The van der Waals surface area contributed by atoms with Crippen LogP contribution in [0.3, 0.4) is 0 Å². The zero-order chi connectivity index (χ0) is 10.8. The maximum Gasteiger partial charge on any atom is 0.155 e. The van der Waals surface area contributed by atoms with E-state index in [9.17, 15) is 0 Å². The quantitative estimate of drug-likeness (QED) is 0.772. The Morgan fingerprint density at radius 2 is 2.19 bits per heavy atom. The first kappa shape index (κ1) is 9.78. The molecule has 1 atom stereocenters.